The van der Waals surface area contributed by atoms with Crippen LogP contribution in [0.2, 0.25) is 0 Å². The van der Waals surface area contributed by atoms with E-state index in [4.69, 9.17) is 5.11 Å². The first-order chi connectivity index (χ1) is 10.1. The van der Waals surface area contributed by atoms with Crippen LogP contribution >= 0.6 is 0 Å². The SMILES string of the molecule is O=C(O)CCC1CCCCN1Cc1ccc(C(F)F)cc1. The van der Waals surface area contributed by atoms with Crippen LogP contribution in [0.5, 0.6) is 0 Å². The van der Waals surface area contributed by atoms with Crippen LogP contribution in [0, 0.1) is 0 Å². The van der Waals surface area contributed by atoms with Crippen LogP contribution in [0.15, 0.2) is 24.3 Å². The first-order valence-corrected chi connectivity index (χ1v) is 7.39. The van der Waals surface area contributed by atoms with E-state index in [1.165, 1.54) is 12.1 Å². The lowest BCUT2D eigenvalue weighted by molar-refractivity contribution is -0.137. The van der Waals surface area contributed by atoms with Gasteiger partial charge in [0, 0.05) is 24.6 Å². The molecule has 1 N–H and O–H groups in total. The third-order valence-electron chi connectivity index (χ3n) is 4.06. The predicted octanol–water partition coefficient (Wildman–Crippen LogP) is 3.84. The zero-order valence-electron chi connectivity index (χ0n) is 12.0. The van der Waals surface area contributed by atoms with E-state index in [1.54, 1.807) is 12.1 Å². The number of halogens is 2. The minimum Gasteiger partial charge on any atom is -0.481 e. The quantitative estimate of drug-likeness (QED) is 0.867. The van der Waals surface area contributed by atoms with Gasteiger partial charge in [0.2, 0.25) is 0 Å². The molecule has 1 aliphatic rings. The molecule has 21 heavy (non-hydrogen) atoms. The van der Waals surface area contributed by atoms with E-state index in [9.17, 15) is 13.6 Å². The lowest BCUT2D eigenvalue weighted by Gasteiger charge is -2.35. The summed E-state index contributed by atoms with van der Waals surface area (Å²) in [5.74, 6) is -0.762. The van der Waals surface area contributed by atoms with E-state index >= 15 is 0 Å². The summed E-state index contributed by atoms with van der Waals surface area (Å²) in [6.45, 7) is 1.65. The van der Waals surface area contributed by atoms with Gasteiger partial charge in [-0.3, -0.25) is 9.69 Å². The fourth-order valence-electron chi connectivity index (χ4n) is 2.89. The highest BCUT2D eigenvalue weighted by Gasteiger charge is 2.23. The number of carboxylic acid groups (broad SMARTS) is 1. The number of piperidine rings is 1. The summed E-state index contributed by atoms with van der Waals surface area (Å²) in [5.41, 5.74) is 1.04. The third-order valence-corrected chi connectivity index (χ3v) is 4.06. The number of hydrogen-bond donors (Lipinski definition) is 1. The molecule has 1 unspecified atom stereocenters. The zero-order valence-corrected chi connectivity index (χ0v) is 12.0. The van der Waals surface area contributed by atoms with Crippen LogP contribution in [0.4, 0.5) is 8.78 Å². The summed E-state index contributed by atoms with van der Waals surface area (Å²) >= 11 is 0. The Balaban J connectivity index is 1.96. The summed E-state index contributed by atoms with van der Waals surface area (Å²) in [6.07, 6.45) is 1.67. The molecule has 1 fully saturated rings. The van der Waals surface area contributed by atoms with Crippen molar-refractivity contribution in [3.8, 4) is 0 Å². The van der Waals surface area contributed by atoms with Gasteiger partial charge in [-0.2, -0.15) is 0 Å². The van der Waals surface area contributed by atoms with Crippen molar-refractivity contribution in [3.05, 3.63) is 35.4 Å². The number of carboxylic acids is 1. The predicted molar refractivity (Wildman–Crippen MR) is 76.3 cm³/mol. The highest BCUT2D eigenvalue weighted by atomic mass is 19.3. The summed E-state index contributed by atoms with van der Waals surface area (Å²) in [5, 5.41) is 8.81. The van der Waals surface area contributed by atoms with Crippen molar-refractivity contribution in [1.29, 1.82) is 0 Å². The molecule has 0 amide bonds. The van der Waals surface area contributed by atoms with Gasteiger partial charge in [-0.25, -0.2) is 8.78 Å². The Bertz CT molecular complexity index is 462. The average Bonchev–Trinajstić information content (AvgIpc) is 2.47. The molecule has 0 spiro atoms. The molecule has 0 radical (unpaired) electrons. The maximum absolute atomic E-state index is 12.5. The van der Waals surface area contributed by atoms with E-state index in [2.05, 4.69) is 4.90 Å². The van der Waals surface area contributed by atoms with Crippen molar-refractivity contribution >= 4 is 5.97 Å². The number of alkyl halides is 2. The number of benzene rings is 1. The van der Waals surface area contributed by atoms with Crippen molar-refractivity contribution in [3.63, 3.8) is 0 Å². The Morgan fingerprint density at radius 1 is 1.29 bits per heavy atom. The van der Waals surface area contributed by atoms with Gasteiger partial charge in [0.25, 0.3) is 6.43 Å². The van der Waals surface area contributed by atoms with Crippen LogP contribution in [0.1, 0.15) is 49.7 Å². The number of aliphatic carboxylic acids is 1. The van der Waals surface area contributed by atoms with Crippen molar-refractivity contribution in [2.45, 2.75) is 51.1 Å². The number of likely N-dealkylation sites (tertiary alicyclic amines) is 1. The summed E-state index contributed by atoms with van der Waals surface area (Å²) in [4.78, 5) is 13.0. The smallest absolute Gasteiger partial charge is 0.303 e. The number of rotatable bonds is 6. The molecule has 1 aromatic carbocycles. The normalized spacial score (nSPS) is 19.9. The van der Waals surface area contributed by atoms with E-state index in [0.717, 1.165) is 31.4 Å². The highest BCUT2D eigenvalue weighted by molar-refractivity contribution is 5.66. The largest absolute Gasteiger partial charge is 0.481 e. The van der Waals surface area contributed by atoms with Crippen LogP contribution < -0.4 is 0 Å². The standard InChI is InChI=1S/C16H21F2NO2/c17-16(18)13-6-4-12(5-7-13)11-19-10-2-1-3-14(19)8-9-15(20)21/h4-7,14,16H,1-3,8-11H2,(H,20,21). The summed E-state index contributed by atoms with van der Waals surface area (Å²) in [6, 6.07) is 6.70. The Kier molecular flexibility index (Phi) is 5.67. The Morgan fingerprint density at radius 3 is 2.62 bits per heavy atom. The molecule has 0 bridgehead atoms. The molecule has 0 aromatic heterocycles. The molecule has 1 aromatic rings. The minimum atomic E-state index is -2.43. The number of hydrogen-bond acceptors (Lipinski definition) is 2. The van der Waals surface area contributed by atoms with Crippen molar-refractivity contribution in [2.24, 2.45) is 0 Å². The summed E-state index contributed by atoms with van der Waals surface area (Å²) < 4.78 is 25.1. The first kappa shape index (κ1) is 15.9. The van der Waals surface area contributed by atoms with Gasteiger partial charge in [0.15, 0.2) is 0 Å². The second-order valence-corrected chi connectivity index (χ2v) is 5.59. The Hall–Kier alpha value is -1.49. The molecule has 2 rings (SSSR count). The molecule has 1 heterocycles. The van der Waals surface area contributed by atoms with Gasteiger partial charge >= 0.3 is 5.97 Å². The third kappa shape index (κ3) is 4.77. The Labute approximate surface area is 123 Å². The number of nitrogens with zero attached hydrogens (tertiary/aromatic N) is 1. The van der Waals surface area contributed by atoms with E-state index in [1.807, 2.05) is 0 Å². The first-order valence-electron chi connectivity index (χ1n) is 7.39. The van der Waals surface area contributed by atoms with Gasteiger partial charge in [0.1, 0.15) is 0 Å². The van der Waals surface area contributed by atoms with Crippen LogP contribution in [0.25, 0.3) is 0 Å². The lowest BCUT2D eigenvalue weighted by atomic mass is 9.97. The molecular formula is C16H21F2NO2. The van der Waals surface area contributed by atoms with E-state index < -0.39 is 12.4 Å². The van der Waals surface area contributed by atoms with Crippen molar-refractivity contribution < 1.29 is 18.7 Å². The van der Waals surface area contributed by atoms with E-state index in [0.29, 0.717) is 13.0 Å². The minimum absolute atomic E-state index is 0.0415. The second kappa shape index (κ2) is 7.50. The van der Waals surface area contributed by atoms with Crippen molar-refractivity contribution in [1.82, 2.24) is 4.90 Å². The zero-order chi connectivity index (χ0) is 15.2. The molecule has 0 saturated carbocycles. The van der Waals surface area contributed by atoms with Gasteiger partial charge < -0.3 is 5.11 Å². The van der Waals surface area contributed by atoms with Crippen molar-refractivity contribution in [2.75, 3.05) is 6.54 Å². The maximum atomic E-state index is 12.5. The van der Waals surface area contributed by atoms with E-state index in [-0.39, 0.29) is 18.0 Å². The second-order valence-electron chi connectivity index (χ2n) is 5.59. The molecule has 0 aliphatic carbocycles. The molecule has 1 saturated heterocycles. The molecule has 116 valence electrons. The number of carbonyl (C=O) groups is 1. The van der Waals surface area contributed by atoms with Crippen LogP contribution in [-0.2, 0) is 11.3 Å². The monoisotopic (exact) mass is 297 g/mol. The fourth-order valence-corrected chi connectivity index (χ4v) is 2.89. The fraction of sp³-hybridized carbons (Fsp3) is 0.562. The molecule has 1 aliphatic heterocycles. The van der Waals surface area contributed by atoms with Gasteiger partial charge in [0.05, 0.1) is 0 Å². The molecule has 1 atom stereocenters. The maximum Gasteiger partial charge on any atom is 0.303 e. The average molecular weight is 297 g/mol. The Morgan fingerprint density at radius 2 is 2.00 bits per heavy atom. The topological polar surface area (TPSA) is 40.5 Å². The molecular weight excluding hydrogens is 276 g/mol. The van der Waals surface area contributed by atoms with Gasteiger partial charge in [-0.05, 0) is 31.4 Å². The van der Waals surface area contributed by atoms with Gasteiger partial charge in [-0.15, -0.1) is 0 Å². The molecule has 3 nitrogen and oxygen atoms in total. The summed E-state index contributed by atoms with van der Waals surface area (Å²) in [7, 11) is 0. The highest BCUT2D eigenvalue weighted by Crippen LogP contribution is 2.24. The van der Waals surface area contributed by atoms with Gasteiger partial charge in [-0.1, -0.05) is 30.7 Å². The van der Waals surface area contributed by atoms with Crippen LogP contribution in [0.3, 0.4) is 0 Å². The molecule has 5 heteroatoms. The lowest BCUT2D eigenvalue weighted by Crippen LogP contribution is -2.39. The van der Waals surface area contributed by atoms with Crippen LogP contribution in [-0.4, -0.2) is 28.6 Å².